The molecule has 4 rings (SSSR count). The van der Waals surface area contributed by atoms with Crippen LogP contribution in [0, 0.1) is 5.82 Å². The molecule has 4 heterocycles. The Hall–Kier alpha value is -3.16. The summed E-state index contributed by atoms with van der Waals surface area (Å²) in [4.78, 5) is 25.8. The Labute approximate surface area is 228 Å². The number of carbonyl (C=O) groups is 1. The molecule has 0 unspecified atom stereocenters. The van der Waals surface area contributed by atoms with Gasteiger partial charge in [0.2, 0.25) is 0 Å². The highest BCUT2D eigenvalue weighted by Gasteiger charge is 2.56. The molecule has 2 aliphatic rings. The molecule has 2 N–H and O–H groups in total. The molecule has 0 saturated carbocycles. The summed E-state index contributed by atoms with van der Waals surface area (Å²) in [7, 11) is -2.99. The van der Waals surface area contributed by atoms with Crippen LogP contribution in [0.25, 0.3) is 0 Å². The van der Waals surface area contributed by atoms with Crippen LogP contribution in [-0.4, -0.2) is 61.3 Å². The number of aliphatic imine (C=N–C) groups is 1. The van der Waals surface area contributed by atoms with Crippen molar-refractivity contribution in [1.82, 2.24) is 9.97 Å². The first-order valence-electron chi connectivity index (χ1n) is 12.6. The number of nitrogens with two attached hydrogens (primary N) is 1. The molecule has 2 aromatic rings. The van der Waals surface area contributed by atoms with E-state index in [1.54, 1.807) is 20.8 Å². The minimum absolute atomic E-state index is 0.0703. The molecule has 218 valence electrons. The lowest BCUT2D eigenvalue weighted by atomic mass is 9.88. The number of alkyl halides is 4. The maximum absolute atomic E-state index is 15.3. The van der Waals surface area contributed by atoms with E-state index in [0.29, 0.717) is 13.0 Å². The molecule has 0 aliphatic carbocycles. The average molecular weight is 588 g/mol. The number of ketones is 1. The molecule has 3 atom stereocenters. The standard InChI is InChI=1S/C26H30F5N5O3S/c1-24(2)23(32)36-25(3,20-6-4-5-11-34-40(20,24)38)21-17(27)9-7-15(35-21)12-19(37)18-10-8-16(13-33-18)39-14-26(30,31)22(28)29/h7-10,13,20,22H,4-6,11-12,14H2,1-3H3,(H2,32,36)/t20-,25+,40-/m1/s1. The number of carbonyl (C=O) groups excluding carboxylic acids is 1. The third-order valence-corrected chi connectivity index (χ3v) is 11.1. The van der Waals surface area contributed by atoms with Crippen molar-refractivity contribution in [2.24, 2.45) is 15.1 Å². The lowest BCUT2D eigenvalue weighted by Gasteiger charge is -2.46. The number of rotatable bonds is 8. The van der Waals surface area contributed by atoms with E-state index in [-0.39, 0.29) is 35.1 Å². The Morgan fingerprint density at radius 2 is 1.93 bits per heavy atom. The highest BCUT2D eigenvalue weighted by molar-refractivity contribution is 7.96. The molecule has 2 aliphatic heterocycles. The first-order valence-corrected chi connectivity index (χ1v) is 14.2. The van der Waals surface area contributed by atoms with Gasteiger partial charge in [-0.05, 0) is 57.9 Å². The number of Topliss-reactive ketones (excluding diaryl/α,β-unsaturated/α-hetero) is 1. The molecule has 8 nitrogen and oxygen atoms in total. The van der Waals surface area contributed by atoms with E-state index in [1.165, 1.54) is 12.1 Å². The van der Waals surface area contributed by atoms with E-state index in [0.717, 1.165) is 31.2 Å². The van der Waals surface area contributed by atoms with Gasteiger partial charge >= 0.3 is 12.3 Å². The van der Waals surface area contributed by atoms with E-state index in [2.05, 4.69) is 24.1 Å². The minimum Gasteiger partial charge on any atom is -0.485 e. The van der Waals surface area contributed by atoms with Gasteiger partial charge in [-0.15, -0.1) is 0 Å². The highest BCUT2D eigenvalue weighted by Crippen LogP contribution is 2.46. The zero-order chi connectivity index (χ0) is 29.5. The molecule has 2 aromatic heterocycles. The zero-order valence-corrected chi connectivity index (χ0v) is 23.0. The summed E-state index contributed by atoms with van der Waals surface area (Å²) < 4.78 is 88.6. The Balaban J connectivity index is 1.60. The van der Waals surface area contributed by atoms with Crippen LogP contribution in [-0.2, 0) is 21.7 Å². The Bertz CT molecular complexity index is 1440. The van der Waals surface area contributed by atoms with E-state index >= 15 is 4.39 Å². The third kappa shape index (κ3) is 5.29. The summed E-state index contributed by atoms with van der Waals surface area (Å²) in [5.74, 6) is -5.69. The largest absolute Gasteiger partial charge is 0.485 e. The maximum atomic E-state index is 15.3. The van der Waals surface area contributed by atoms with Crippen LogP contribution in [0.15, 0.2) is 39.8 Å². The van der Waals surface area contributed by atoms with Gasteiger partial charge in [0, 0.05) is 12.2 Å². The molecular formula is C26H30F5N5O3S. The molecule has 40 heavy (non-hydrogen) atoms. The second-order valence-corrected chi connectivity index (χ2v) is 13.5. The van der Waals surface area contributed by atoms with E-state index in [9.17, 15) is 26.6 Å². The van der Waals surface area contributed by atoms with Gasteiger partial charge in [0.1, 0.15) is 39.1 Å². The van der Waals surface area contributed by atoms with Crippen molar-refractivity contribution >= 4 is 21.3 Å². The number of ether oxygens (including phenoxy) is 1. The fourth-order valence-corrected chi connectivity index (χ4v) is 8.11. The molecule has 0 spiro atoms. The SMILES string of the molecule is CC1(C)C(N)=N[C@](C)(c2nc(CC(=O)c3ccc(OCC(F)(F)C(F)F)cn3)ccc2F)[C@H]2CCCCN=[S@@]21=O. The molecule has 0 fully saturated rings. The van der Waals surface area contributed by atoms with Crippen LogP contribution in [0.1, 0.15) is 61.9 Å². The average Bonchev–Trinajstić information content (AvgIpc) is 3.11. The fourth-order valence-electron chi connectivity index (χ4n) is 4.88. The van der Waals surface area contributed by atoms with Crippen LogP contribution < -0.4 is 10.5 Å². The van der Waals surface area contributed by atoms with Crippen molar-refractivity contribution in [2.75, 3.05) is 13.2 Å². The summed E-state index contributed by atoms with van der Waals surface area (Å²) in [6.45, 7) is 3.93. The van der Waals surface area contributed by atoms with Crippen molar-refractivity contribution in [3.8, 4) is 5.75 Å². The lowest BCUT2D eigenvalue weighted by molar-refractivity contribution is -0.148. The molecule has 14 heteroatoms. The van der Waals surface area contributed by atoms with Crippen molar-refractivity contribution in [1.29, 1.82) is 0 Å². The van der Waals surface area contributed by atoms with Gasteiger partial charge in [-0.1, -0.05) is 6.42 Å². The van der Waals surface area contributed by atoms with E-state index < -0.39 is 55.8 Å². The van der Waals surface area contributed by atoms with Gasteiger partial charge in [0.25, 0.3) is 0 Å². The van der Waals surface area contributed by atoms with Gasteiger partial charge in [0.05, 0.1) is 27.6 Å². The Morgan fingerprint density at radius 1 is 1.20 bits per heavy atom. The number of amidine groups is 1. The fraction of sp³-hybridized carbons (Fsp3) is 0.538. The summed E-state index contributed by atoms with van der Waals surface area (Å²) in [6.07, 6.45) is -1.29. The van der Waals surface area contributed by atoms with Crippen molar-refractivity contribution in [3.05, 3.63) is 53.4 Å². The number of nitrogens with zero attached hydrogens (tertiary/aromatic N) is 4. The van der Waals surface area contributed by atoms with Crippen LogP contribution in [0.4, 0.5) is 22.0 Å². The molecule has 0 radical (unpaired) electrons. The van der Waals surface area contributed by atoms with Crippen molar-refractivity contribution in [3.63, 3.8) is 0 Å². The number of aromatic nitrogens is 2. The number of hydrogen-bond donors (Lipinski definition) is 1. The van der Waals surface area contributed by atoms with Crippen molar-refractivity contribution in [2.45, 2.75) is 74.3 Å². The third-order valence-electron chi connectivity index (χ3n) is 7.37. The summed E-state index contributed by atoms with van der Waals surface area (Å²) in [5.41, 5.74) is 4.92. The highest BCUT2D eigenvalue weighted by atomic mass is 32.2. The first-order chi connectivity index (χ1) is 18.6. The second-order valence-electron chi connectivity index (χ2n) is 10.5. The van der Waals surface area contributed by atoms with Crippen LogP contribution >= 0.6 is 0 Å². The zero-order valence-electron chi connectivity index (χ0n) is 22.2. The minimum atomic E-state index is -4.34. The van der Waals surface area contributed by atoms with Crippen molar-refractivity contribution < 1.29 is 35.7 Å². The predicted octanol–water partition coefficient (Wildman–Crippen LogP) is 4.71. The normalized spacial score (nSPS) is 26.3. The summed E-state index contributed by atoms with van der Waals surface area (Å²) >= 11 is 0. The molecule has 0 aromatic carbocycles. The quantitative estimate of drug-likeness (QED) is 0.353. The predicted molar refractivity (Wildman–Crippen MR) is 139 cm³/mol. The van der Waals surface area contributed by atoms with Gasteiger partial charge in [-0.25, -0.2) is 26.7 Å². The van der Waals surface area contributed by atoms with Gasteiger partial charge in [-0.2, -0.15) is 8.78 Å². The molecular weight excluding hydrogens is 557 g/mol. The maximum Gasteiger partial charge on any atom is 0.340 e. The number of fused-ring (bicyclic) bond motifs is 1. The molecule has 0 bridgehead atoms. The summed E-state index contributed by atoms with van der Waals surface area (Å²) in [5, 5.41) is -0.663. The molecule has 0 amide bonds. The van der Waals surface area contributed by atoms with Crippen LogP contribution in [0.5, 0.6) is 5.75 Å². The number of pyridine rings is 2. The van der Waals surface area contributed by atoms with E-state index in [1.807, 2.05) is 0 Å². The molecule has 0 saturated heterocycles. The number of hydrogen-bond acceptors (Lipinski definition) is 8. The van der Waals surface area contributed by atoms with Gasteiger partial charge in [-0.3, -0.25) is 14.8 Å². The van der Waals surface area contributed by atoms with Gasteiger partial charge < -0.3 is 10.5 Å². The van der Waals surface area contributed by atoms with Gasteiger partial charge in [0.15, 0.2) is 12.4 Å². The smallest absolute Gasteiger partial charge is 0.340 e. The summed E-state index contributed by atoms with van der Waals surface area (Å²) in [6, 6.07) is 4.84. The van der Waals surface area contributed by atoms with Crippen LogP contribution in [0.3, 0.4) is 0 Å². The monoisotopic (exact) mass is 587 g/mol. The Kier molecular flexibility index (Phi) is 7.96. The second kappa shape index (κ2) is 10.7. The first kappa shape index (κ1) is 29.8. The van der Waals surface area contributed by atoms with E-state index in [4.69, 9.17) is 5.73 Å². The lowest BCUT2D eigenvalue weighted by Crippen LogP contribution is -2.59. The van der Waals surface area contributed by atoms with Crippen LogP contribution in [0.2, 0.25) is 0 Å². The topological polar surface area (TPSA) is 120 Å². The number of halogens is 5. The Morgan fingerprint density at radius 3 is 2.58 bits per heavy atom.